The fourth-order valence-electron chi connectivity index (χ4n) is 2.05. The van der Waals surface area contributed by atoms with E-state index in [2.05, 4.69) is 10.0 Å². The summed E-state index contributed by atoms with van der Waals surface area (Å²) in [6.45, 7) is 2.37. The van der Waals surface area contributed by atoms with E-state index in [-0.39, 0.29) is 4.90 Å². The maximum atomic E-state index is 12.4. The Kier molecular flexibility index (Phi) is 6.56. The number of sulfonamides is 1. The van der Waals surface area contributed by atoms with Gasteiger partial charge in [0.05, 0.1) is 11.5 Å². The topological polar surface area (TPSA) is 122 Å². The molecule has 3 N–H and O–H groups in total. The van der Waals surface area contributed by atoms with Gasteiger partial charge in [0.15, 0.2) is 0 Å². The van der Waals surface area contributed by atoms with E-state index in [1.54, 1.807) is 24.3 Å². The quantitative estimate of drug-likeness (QED) is 0.595. The Labute approximate surface area is 156 Å². The highest BCUT2D eigenvalue weighted by Crippen LogP contribution is 2.20. The second-order valence-corrected chi connectivity index (χ2v) is 6.93. The zero-order chi connectivity index (χ0) is 19.9. The molecule has 0 atom stereocenters. The molecule has 0 aliphatic carbocycles. The lowest BCUT2D eigenvalue weighted by Gasteiger charge is -2.10. The van der Waals surface area contributed by atoms with Crippen LogP contribution < -0.4 is 14.8 Å². The third-order valence-electron chi connectivity index (χ3n) is 3.23. The summed E-state index contributed by atoms with van der Waals surface area (Å²) in [6.07, 6.45) is 1.56. The minimum atomic E-state index is -3.80. The summed E-state index contributed by atoms with van der Waals surface area (Å²) < 4.78 is 32.6. The van der Waals surface area contributed by atoms with Crippen molar-refractivity contribution in [3.8, 4) is 5.75 Å². The van der Waals surface area contributed by atoms with Crippen LogP contribution in [0.5, 0.6) is 5.75 Å². The SMILES string of the molecule is CCOc1ccc(NS(=O)(=O)c2ccc(NC(=O)/C=C/C(=O)O)cc2)cc1. The summed E-state index contributed by atoms with van der Waals surface area (Å²) in [6, 6.07) is 12.0. The predicted octanol–water partition coefficient (Wildman–Crippen LogP) is 2.47. The lowest BCUT2D eigenvalue weighted by molar-refractivity contribution is -0.131. The van der Waals surface area contributed by atoms with Crippen LogP contribution in [0.15, 0.2) is 65.6 Å². The minimum Gasteiger partial charge on any atom is -0.494 e. The zero-order valence-electron chi connectivity index (χ0n) is 14.4. The second-order valence-electron chi connectivity index (χ2n) is 5.25. The highest BCUT2D eigenvalue weighted by atomic mass is 32.2. The van der Waals surface area contributed by atoms with Gasteiger partial charge < -0.3 is 15.2 Å². The summed E-state index contributed by atoms with van der Waals surface area (Å²) in [5.74, 6) is -1.25. The Morgan fingerprint density at radius 1 is 1.00 bits per heavy atom. The number of aliphatic carboxylic acids is 1. The number of anilines is 2. The molecule has 0 aromatic heterocycles. The number of amides is 1. The van der Waals surface area contributed by atoms with Gasteiger partial charge in [-0.2, -0.15) is 0 Å². The van der Waals surface area contributed by atoms with Crippen molar-refractivity contribution in [3.05, 3.63) is 60.7 Å². The van der Waals surface area contributed by atoms with E-state index in [4.69, 9.17) is 9.84 Å². The van der Waals surface area contributed by atoms with Crippen LogP contribution in [0, 0.1) is 0 Å². The second kappa shape index (κ2) is 8.86. The van der Waals surface area contributed by atoms with Crippen LogP contribution in [0.2, 0.25) is 0 Å². The third-order valence-corrected chi connectivity index (χ3v) is 4.62. The number of carbonyl (C=O) groups excluding carboxylic acids is 1. The molecule has 0 unspecified atom stereocenters. The molecule has 9 heteroatoms. The number of nitrogens with one attached hydrogen (secondary N) is 2. The smallest absolute Gasteiger partial charge is 0.328 e. The summed E-state index contributed by atoms with van der Waals surface area (Å²) >= 11 is 0. The van der Waals surface area contributed by atoms with Crippen molar-refractivity contribution in [1.82, 2.24) is 0 Å². The number of rotatable bonds is 8. The molecular formula is C18H18N2O6S. The molecule has 2 aromatic rings. The molecule has 0 heterocycles. The van der Waals surface area contributed by atoms with Gasteiger partial charge in [0, 0.05) is 23.5 Å². The first-order valence-electron chi connectivity index (χ1n) is 7.88. The normalized spacial score (nSPS) is 11.1. The van der Waals surface area contributed by atoms with E-state index in [1.165, 1.54) is 24.3 Å². The Balaban J connectivity index is 2.06. The standard InChI is InChI=1S/C18H18N2O6S/c1-2-26-15-7-3-14(4-8-15)20-27(24,25)16-9-5-13(6-10-16)19-17(21)11-12-18(22)23/h3-12,20H,2H2,1H3,(H,19,21)(H,22,23)/b12-11+. The van der Waals surface area contributed by atoms with Crippen LogP contribution in [0.25, 0.3) is 0 Å². The summed E-state index contributed by atoms with van der Waals surface area (Å²) in [5.41, 5.74) is 0.713. The average Bonchev–Trinajstić information content (AvgIpc) is 2.62. The molecule has 0 aliphatic heterocycles. The van der Waals surface area contributed by atoms with Crippen LogP contribution in [-0.4, -0.2) is 32.0 Å². The number of hydrogen-bond donors (Lipinski definition) is 3. The number of carbonyl (C=O) groups is 2. The monoisotopic (exact) mass is 390 g/mol. The highest BCUT2D eigenvalue weighted by Gasteiger charge is 2.14. The van der Waals surface area contributed by atoms with E-state index in [0.29, 0.717) is 29.8 Å². The largest absolute Gasteiger partial charge is 0.494 e. The average molecular weight is 390 g/mol. The minimum absolute atomic E-state index is 0.00969. The van der Waals surface area contributed by atoms with Gasteiger partial charge in [0.2, 0.25) is 5.91 Å². The molecule has 0 aliphatic rings. The molecule has 1 amide bonds. The lowest BCUT2D eigenvalue weighted by atomic mass is 10.3. The molecule has 0 saturated carbocycles. The molecule has 27 heavy (non-hydrogen) atoms. The van der Waals surface area contributed by atoms with Crippen LogP contribution in [0.4, 0.5) is 11.4 Å². The first-order chi connectivity index (χ1) is 12.8. The Bertz CT molecular complexity index is 935. The number of carboxylic acid groups (broad SMARTS) is 1. The molecule has 142 valence electrons. The Morgan fingerprint density at radius 3 is 2.15 bits per heavy atom. The van der Waals surface area contributed by atoms with E-state index in [9.17, 15) is 18.0 Å². The van der Waals surface area contributed by atoms with E-state index >= 15 is 0 Å². The summed E-state index contributed by atoms with van der Waals surface area (Å²) in [4.78, 5) is 21.9. The fourth-order valence-corrected chi connectivity index (χ4v) is 3.11. The predicted molar refractivity (Wildman–Crippen MR) is 100 cm³/mol. The van der Waals surface area contributed by atoms with Gasteiger partial charge in [-0.3, -0.25) is 9.52 Å². The highest BCUT2D eigenvalue weighted by molar-refractivity contribution is 7.92. The van der Waals surface area contributed by atoms with Crippen molar-refractivity contribution in [3.63, 3.8) is 0 Å². The summed E-state index contributed by atoms with van der Waals surface area (Å²) in [7, 11) is -3.80. The lowest BCUT2D eigenvalue weighted by Crippen LogP contribution is -2.13. The van der Waals surface area contributed by atoms with Gasteiger partial charge in [-0.1, -0.05) is 0 Å². The van der Waals surface area contributed by atoms with Gasteiger partial charge in [-0.15, -0.1) is 0 Å². The van der Waals surface area contributed by atoms with Crippen LogP contribution >= 0.6 is 0 Å². The van der Waals surface area contributed by atoms with Crippen molar-refractivity contribution in [2.24, 2.45) is 0 Å². The van der Waals surface area contributed by atoms with E-state index in [1.807, 2.05) is 6.92 Å². The number of carboxylic acids is 1. The van der Waals surface area contributed by atoms with Crippen molar-refractivity contribution in [1.29, 1.82) is 0 Å². The van der Waals surface area contributed by atoms with Crippen molar-refractivity contribution in [2.45, 2.75) is 11.8 Å². The summed E-state index contributed by atoms with van der Waals surface area (Å²) in [5, 5.41) is 10.9. The van der Waals surface area contributed by atoms with Gasteiger partial charge in [-0.05, 0) is 55.5 Å². The molecule has 2 aromatic carbocycles. The zero-order valence-corrected chi connectivity index (χ0v) is 15.2. The van der Waals surface area contributed by atoms with Crippen molar-refractivity contribution < 1.29 is 27.9 Å². The first kappa shape index (κ1) is 20.0. The maximum absolute atomic E-state index is 12.4. The van der Waals surface area contributed by atoms with Crippen molar-refractivity contribution >= 4 is 33.3 Å². The third kappa shape index (κ3) is 6.15. The molecular weight excluding hydrogens is 372 g/mol. The van der Waals surface area contributed by atoms with Gasteiger partial charge in [0.25, 0.3) is 10.0 Å². The molecule has 0 saturated heterocycles. The number of ether oxygens (including phenoxy) is 1. The van der Waals surface area contributed by atoms with Crippen LogP contribution in [-0.2, 0) is 19.6 Å². The molecule has 0 fully saturated rings. The molecule has 0 bridgehead atoms. The molecule has 2 rings (SSSR count). The molecule has 0 spiro atoms. The van der Waals surface area contributed by atoms with Crippen LogP contribution in [0.3, 0.4) is 0 Å². The van der Waals surface area contributed by atoms with Gasteiger partial charge >= 0.3 is 5.97 Å². The fraction of sp³-hybridized carbons (Fsp3) is 0.111. The Hall–Kier alpha value is -3.33. The van der Waals surface area contributed by atoms with E-state index < -0.39 is 21.9 Å². The Morgan fingerprint density at radius 2 is 1.59 bits per heavy atom. The van der Waals surface area contributed by atoms with Gasteiger partial charge in [0.1, 0.15) is 5.75 Å². The molecule has 8 nitrogen and oxygen atoms in total. The van der Waals surface area contributed by atoms with E-state index in [0.717, 1.165) is 6.08 Å². The van der Waals surface area contributed by atoms with Gasteiger partial charge in [-0.25, -0.2) is 13.2 Å². The maximum Gasteiger partial charge on any atom is 0.328 e. The first-order valence-corrected chi connectivity index (χ1v) is 9.36. The molecule has 0 radical (unpaired) electrons. The van der Waals surface area contributed by atoms with Crippen LogP contribution in [0.1, 0.15) is 6.92 Å². The number of benzene rings is 2. The number of hydrogen-bond acceptors (Lipinski definition) is 5. The van der Waals surface area contributed by atoms with Crippen molar-refractivity contribution in [2.75, 3.05) is 16.6 Å².